The molecule has 1 aliphatic carbocycles. The number of phenolic OH excluding ortho intramolecular Hbond substituents is 1. The van der Waals surface area contributed by atoms with Gasteiger partial charge in [0.25, 0.3) is 5.56 Å². The summed E-state index contributed by atoms with van der Waals surface area (Å²) in [6.07, 6.45) is 5.71. The van der Waals surface area contributed by atoms with Crippen LogP contribution >= 0.6 is 11.8 Å². The van der Waals surface area contributed by atoms with Crippen molar-refractivity contribution in [3.05, 3.63) is 46.9 Å². The fourth-order valence-corrected chi connectivity index (χ4v) is 3.06. The molecule has 2 heterocycles. The van der Waals surface area contributed by atoms with E-state index in [2.05, 4.69) is 9.97 Å². The van der Waals surface area contributed by atoms with Crippen molar-refractivity contribution in [2.75, 3.05) is 6.26 Å². The molecule has 23 heavy (non-hydrogen) atoms. The molecule has 0 aliphatic heterocycles. The van der Waals surface area contributed by atoms with E-state index in [-0.39, 0.29) is 17.4 Å². The van der Waals surface area contributed by atoms with Gasteiger partial charge in [0.1, 0.15) is 11.4 Å². The Morgan fingerprint density at radius 1 is 1.26 bits per heavy atom. The fraction of sp³-hybridized carbons (Fsp3) is 0.235. The lowest BCUT2D eigenvalue weighted by molar-refractivity contribution is 0.475. The molecule has 116 valence electrons. The third-order valence-corrected chi connectivity index (χ3v) is 4.59. The Balaban J connectivity index is 2.01. The molecule has 1 N–H and O–H groups in total. The molecule has 1 aromatic carbocycles. The predicted molar refractivity (Wildman–Crippen MR) is 91.0 cm³/mol. The number of hydrogen-bond acceptors (Lipinski definition) is 5. The maximum Gasteiger partial charge on any atom is 0.260 e. The average molecular weight is 325 g/mol. The van der Waals surface area contributed by atoms with Crippen molar-refractivity contribution in [2.24, 2.45) is 0 Å². The second-order valence-electron chi connectivity index (χ2n) is 5.65. The van der Waals surface area contributed by atoms with Crippen LogP contribution in [0.3, 0.4) is 0 Å². The molecule has 3 aromatic rings. The molecule has 4 rings (SSSR count). The van der Waals surface area contributed by atoms with Crippen molar-refractivity contribution in [1.29, 1.82) is 0 Å². The van der Waals surface area contributed by atoms with E-state index in [4.69, 9.17) is 0 Å². The monoisotopic (exact) mass is 325 g/mol. The van der Waals surface area contributed by atoms with E-state index in [1.165, 1.54) is 11.8 Å². The molecule has 0 saturated heterocycles. The van der Waals surface area contributed by atoms with Gasteiger partial charge in [-0.15, -0.1) is 0 Å². The van der Waals surface area contributed by atoms with Crippen LogP contribution in [0, 0.1) is 0 Å². The highest BCUT2D eigenvalue weighted by Gasteiger charge is 2.28. The van der Waals surface area contributed by atoms with Crippen molar-refractivity contribution in [1.82, 2.24) is 14.5 Å². The maximum atomic E-state index is 13.0. The Hall–Kier alpha value is -2.34. The molecule has 1 aliphatic rings. The van der Waals surface area contributed by atoms with Gasteiger partial charge in [-0.25, -0.2) is 9.97 Å². The number of aromatic nitrogens is 3. The fourth-order valence-electron chi connectivity index (χ4n) is 2.72. The Morgan fingerprint density at radius 2 is 2.00 bits per heavy atom. The van der Waals surface area contributed by atoms with E-state index in [1.54, 1.807) is 35.0 Å². The summed E-state index contributed by atoms with van der Waals surface area (Å²) in [6, 6.07) is 8.76. The number of aromatic hydroxyl groups is 1. The molecular weight excluding hydrogens is 310 g/mol. The molecule has 0 amide bonds. The van der Waals surface area contributed by atoms with Gasteiger partial charge in [0, 0.05) is 23.2 Å². The zero-order valence-electron chi connectivity index (χ0n) is 12.6. The van der Waals surface area contributed by atoms with Crippen LogP contribution in [0.2, 0.25) is 0 Å². The third kappa shape index (κ3) is 2.49. The first-order valence-corrected chi connectivity index (χ1v) is 8.65. The van der Waals surface area contributed by atoms with Crippen LogP contribution in [-0.2, 0) is 0 Å². The summed E-state index contributed by atoms with van der Waals surface area (Å²) < 4.78 is 1.80. The van der Waals surface area contributed by atoms with Gasteiger partial charge in [0.15, 0.2) is 5.16 Å². The average Bonchev–Trinajstić information content (AvgIpc) is 3.39. The van der Waals surface area contributed by atoms with Crippen molar-refractivity contribution in [2.45, 2.75) is 24.0 Å². The molecule has 0 atom stereocenters. The smallest absolute Gasteiger partial charge is 0.260 e. The van der Waals surface area contributed by atoms with E-state index in [0.717, 1.165) is 23.8 Å². The number of thioether (sulfide) groups is 1. The van der Waals surface area contributed by atoms with Crippen LogP contribution < -0.4 is 5.56 Å². The molecule has 1 fully saturated rings. The van der Waals surface area contributed by atoms with E-state index in [9.17, 15) is 9.90 Å². The van der Waals surface area contributed by atoms with Crippen LogP contribution in [-0.4, -0.2) is 25.9 Å². The first-order valence-electron chi connectivity index (χ1n) is 7.43. The standard InChI is InChI=1S/C17H15N3O2S/c1-23-17-18-9-11-8-14(10-2-6-13(21)7-3-10)16(22)20(12-4-5-12)15(11)19-17/h2-3,6-9,12,21H,4-5H2,1H3. The summed E-state index contributed by atoms with van der Waals surface area (Å²) in [4.78, 5) is 21.8. The molecule has 0 spiro atoms. The topological polar surface area (TPSA) is 68.0 Å². The van der Waals surface area contributed by atoms with Crippen LogP contribution in [0.15, 0.2) is 46.5 Å². The molecule has 0 unspecified atom stereocenters. The molecule has 0 bridgehead atoms. The highest BCUT2D eigenvalue weighted by molar-refractivity contribution is 7.98. The molecule has 1 saturated carbocycles. The van der Waals surface area contributed by atoms with Gasteiger partial charge in [0.2, 0.25) is 0 Å². The van der Waals surface area contributed by atoms with Gasteiger partial charge in [-0.2, -0.15) is 0 Å². The lowest BCUT2D eigenvalue weighted by Crippen LogP contribution is -2.22. The zero-order valence-corrected chi connectivity index (χ0v) is 13.4. The number of hydrogen-bond donors (Lipinski definition) is 1. The van der Waals surface area contributed by atoms with Gasteiger partial charge >= 0.3 is 0 Å². The number of rotatable bonds is 3. The molecule has 5 nitrogen and oxygen atoms in total. The van der Waals surface area contributed by atoms with E-state index >= 15 is 0 Å². The summed E-state index contributed by atoms with van der Waals surface area (Å²) in [5.41, 5.74) is 2.08. The minimum Gasteiger partial charge on any atom is -0.508 e. The first-order chi connectivity index (χ1) is 11.2. The highest BCUT2D eigenvalue weighted by Crippen LogP contribution is 2.36. The minimum absolute atomic E-state index is 0.0311. The van der Waals surface area contributed by atoms with E-state index < -0.39 is 0 Å². The van der Waals surface area contributed by atoms with Crippen LogP contribution in [0.4, 0.5) is 0 Å². The molecule has 0 radical (unpaired) electrons. The quantitative estimate of drug-likeness (QED) is 0.591. The van der Waals surface area contributed by atoms with Gasteiger partial charge in [-0.1, -0.05) is 23.9 Å². The Morgan fingerprint density at radius 3 is 2.65 bits per heavy atom. The summed E-state index contributed by atoms with van der Waals surface area (Å²) in [6.45, 7) is 0. The number of phenols is 1. The number of fused-ring (bicyclic) bond motifs is 1. The van der Waals surface area contributed by atoms with Crippen molar-refractivity contribution < 1.29 is 5.11 Å². The Kier molecular flexibility index (Phi) is 3.34. The second-order valence-corrected chi connectivity index (χ2v) is 6.42. The zero-order chi connectivity index (χ0) is 16.0. The molecule has 2 aromatic heterocycles. The summed E-state index contributed by atoms with van der Waals surface area (Å²) in [5, 5.41) is 11.0. The maximum absolute atomic E-state index is 13.0. The van der Waals surface area contributed by atoms with Crippen molar-refractivity contribution in [3.8, 4) is 16.9 Å². The van der Waals surface area contributed by atoms with Crippen LogP contribution in [0.25, 0.3) is 22.2 Å². The van der Waals surface area contributed by atoms with E-state index in [0.29, 0.717) is 16.4 Å². The molecular formula is C17H15N3O2S. The van der Waals surface area contributed by atoms with Gasteiger partial charge in [-0.05, 0) is 42.9 Å². The Labute approximate surface area is 137 Å². The number of benzene rings is 1. The summed E-state index contributed by atoms with van der Waals surface area (Å²) >= 11 is 1.47. The normalized spacial score (nSPS) is 14.3. The largest absolute Gasteiger partial charge is 0.508 e. The van der Waals surface area contributed by atoms with Gasteiger partial charge in [-0.3, -0.25) is 9.36 Å². The van der Waals surface area contributed by atoms with Crippen LogP contribution in [0.1, 0.15) is 18.9 Å². The lowest BCUT2D eigenvalue weighted by Gasteiger charge is -2.12. The SMILES string of the molecule is CSc1ncc2cc(-c3ccc(O)cc3)c(=O)n(C3CC3)c2n1. The highest BCUT2D eigenvalue weighted by atomic mass is 32.2. The lowest BCUT2D eigenvalue weighted by atomic mass is 10.1. The minimum atomic E-state index is -0.0311. The van der Waals surface area contributed by atoms with Crippen LogP contribution in [0.5, 0.6) is 5.75 Å². The number of pyridine rings is 1. The summed E-state index contributed by atoms with van der Waals surface area (Å²) in [7, 11) is 0. The van der Waals surface area contributed by atoms with Gasteiger partial charge < -0.3 is 5.11 Å². The number of nitrogens with zero attached hydrogens (tertiary/aromatic N) is 3. The molecule has 6 heteroatoms. The van der Waals surface area contributed by atoms with Crippen molar-refractivity contribution in [3.63, 3.8) is 0 Å². The summed E-state index contributed by atoms with van der Waals surface area (Å²) in [5.74, 6) is 0.185. The third-order valence-electron chi connectivity index (χ3n) is 4.02. The Bertz CT molecular complexity index is 946. The van der Waals surface area contributed by atoms with Gasteiger partial charge in [0.05, 0.1) is 0 Å². The second kappa shape index (κ2) is 5.38. The van der Waals surface area contributed by atoms with E-state index in [1.807, 2.05) is 12.3 Å². The predicted octanol–water partition coefficient (Wildman–Crippen LogP) is 3.22. The first kappa shape index (κ1) is 14.3. The van der Waals surface area contributed by atoms with Crippen molar-refractivity contribution >= 4 is 22.8 Å².